The predicted octanol–water partition coefficient (Wildman–Crippen LogP) is 5.64. The molecule has 0 bridgehead atoms. The van der Waals surface area contributed by atoms with Crippen molar-refractivity contribution < 1.29 is 9.53 Å². The molecule has 0 aliphatic carbocycles. The zero-order valence-corrected chi connectivity index (χ0v) is 20.6. The van der Waals surface area contributed by atoms with Crippen molar-refractivity contribution >= 4 is 28.9 Å². The lowest BCUT2D eigenvalue weighted by Gasteiger charge is -2.10. The Morgan fingerprint density at radius 1 is 1.18 bits per heavy atom. The molecule has 0 atom stereocenters. The summed E-state index contributed by atoms with van der Waals surface area (Å²) in [6, 6.07) is 13.9. The first kappa shape index (κ1) is 23.1. The summed E-state index contributed by atoms with van der Waals surface area (Å²) in [6.45, 7) is 9.24. The Hall–Kier alpha value is -3.10. The minimum atomic E-state index is 0.0810. The zero-order valence-electron chi connectivity index (χ0n) is 18.9. The van der Waals surface area contributed by atoms with Gasteiger partial charge in [-0.05, 0) is 43.5 Å². The van der Waals surface area contributed by atoms with Gasteiger partial charge < -0.3 is 9.30 Å². The minimum Gasteiger partial charge on any atom is -0.496 e. The number of ether oxygens (including phenoxy) is 1. The van der Waals surface area contributed by atoms with E-state index in [9.17, 15) is 4.79 Å². The van der Waals surface area contributed by atoms with Crippen LogP contribution in [0.15, 0.2) is 65.7 Å². The van der Waals surface area contributed by atoms with E-state index in [-0.39, 0.29) is 11.5 Å². The highest BCUT2D eigenvalue weighted by Crippen LogP contribution is 2.31. The van der Waals surface area contributed by atoms with Crippen LogP contribution in [0.5, 0.6) is 5.75 Å². The van der Waals surface area contributed by atoms with Crippen LogP contribution < -0.4 is 4.74 Å². The molecule has 8 heteroatoms. The average Bonchev–Trinajstić information content (AvgIpc) is 3.54. The maximum atomic E-state index is 13.1. The van der Waals surface area contributed by atoms with Gasteiger partial charge in [-0.1, -0.05) is 36.0 Å². The van der Waals surface area contributed by atoms with E-state index in [0.717, 1.165) is 34.8 Å². The Balaban J connectivity index is 1.54. The summed E-state index contributed by atoms with van der Waals surface area (Å²) < 4.78 is 9.65. The van der Waals surface area contributed by atoms with E-state index in [1.807, 2.05) is 48.7 Å². The molecular formula is C25H26N4O2S2. The van der Waals surface area contributed by atoms with Gasteiger partial charge in [0.25, 0.3) is 0 Å². The van der Waals surface area contributed by atoms with E-state index in [1.54, 1.807) is 24.5 Å². The van der Waals surface area contributed by atoms with E-state index in [0.29, 0.717) is 17.5 Å². The molecule has 0 fully saturated rings. The molecule has 0 radical (unpaired) electrons. The number of carbonyl (C=O) groups excluding carboxylic acids is 1. The van der Waals surface area contributed by atoms with Crippen LogP contribution in [0.2, 0.25) is 0 Å². The number of benzene rings is 1. The SMILES string of the molecule is C=CCn1c(SCC(=O)c2cc(C)n(Cc3cccs3)c2C)nnc1-c1ccccc1OC. The number of aromatic nitrogens is 4. The van der Waals surface area contributed by atoms with Crippen molar-refractivity contribution in [1.29, 1.82) is 0 Å². The highest BCUT2D eigenvalue weighted by molar-refractivity contribution is 7.99. The smallest absolute Gasteiger partial charge is 0.192 e. The molecule has 4 rings (SSSR count). The number of thioether (sulfide) groups is 1. The molecule has 0 amide bonds. The summed E-state index contributed by atoms with van der Waals surface area (Å²) in [4.78, 5) is 14.4. The van der Waals surface area contributed by atoms with Crippen LogP contribution in [-0.4, -0.2) is 38.0 Å². The van der Waals surface area contributed by atoms with Crippen LogP contribution in [0, 0.1) is 13.8 Å². The summed E-state index contributed by atoms with van der Waals surface area (Å²) in [5.74, 6) is 1.78. The Morgan fingerprint density at radius 2 is 2.00 bits per heavy atom. The molecule has 33 heavy (non-hydrogen) atoms. The number of carbonyl (C=O) groups is 1. The topological polar surface area (TPSA) is 61.9 Å². The van der Waals surface area contributed by atoms with Gasteiger partial charge in [0.15, 0.2) is 16.8 Å². The molecule has 1 aromatic carbocycles. The maximum absolute atomic E-state index is 13.1. The standard InChI is InChI=1S/C25H26N4O2S2/c1-5-12-28-24(20-10-6-7-11-23(20)31-4)26-27-25(28)33-16-22(30)21-14-17(2)29(18(21)3)15-19-9-8-13-32-19/h5-11,13-14H,1,12,15-16H2,2-4H3. The lowest BCUT2D eigenvalue weighted by Crippen LogP contribution is -2.08. The highest BCUT2D eigenvalue weighted by atomic mass is 32.2. The molecule has 0 aliphatic heterocycles. The number of ketones is 1. The fourth-order valence-corrected chi connectivity index (χ4v) is 5.33. The van der Waals surface area contributed by atoms with Crippen molar-refractivity contribution in [3.05, 3.63) is 82.3 Å². The molecule has 0 aliphatic rings. The summed E-state index contributed by atoms with van der Waals surface area (Å²) in [7, 11) is 1.64. The van der Waals surface area contributed by atoms with Crippen molar-refractivity contribution in [2.45, 2.75) is 32.1 Å². The molecule has 3 aromatic heterocycles. The van der Waals surface area contributed by atoms with Gasteiger partial charge >= 0.3 is 0 Å². The Labute approximate surface area is 201 Å². The summed E-state index contributed by atoms with van der Waals surface area (Å²) >= 11 is 3.12. The lowest BCUT2D eigenvalue weighted by molar-refractivity contribution is 0.102. The summed E-state index contributed by atoms with van der Waals surface area (Å²) in [5, 5.41) is 11.5. The second-order valence-corrected chi connectivity index (χ2v) is 9.54. The average molecular weight is 479 g/mol. The summed E-state index contributed by atoms with van der Waals surface area (Å²) in [6.07, 6.45) is 1.80. The molecule has 0 N–H and O–H groups in total. The van der Waals surface area contributed by atoms with Gasteiger partial charge in [-0.3, -0.25) is 9.36 Å². The molecule has 6 nitrogen and oxygen atoms in total. The molecule has 0 spiro atoms. The van der Waals surface area contributed by atoms with Crippen LogP contribution in [0.1, 0.15) is 26.6 Å². The molecular weight excluding hydrogens is 452 g/mol. The molecule has 3 heterocycles. The molecule has 170 valence electrons. The number of methoxy groups -OCH3 is 1. The van der Waals surface area contributed by atoms with Crippen molar-refractivity contribution in [3.63, 3.8) is 0 Å². The van der Waals surface area contributed by atoms with Crippen LogP contribution >= 0.6 is 23.1 Å². The first-order valence-corrected chi connectivity index (χ1v) is 12.4. The largest absolute Gasteiger partial charge is 0.496 e. The third-order valence-corrected chi connectivity index (χ3v) is 7.30. The van der Waals surface area contributed by atoms with Gasteiger partial charge in [-0.15, -0.1) is 28.1 Å². The number of hydrogen-bond donors (Lipinski definition) is 0. The number of nitrogens with zero attached hydrogens (tertiary/aromatic N) is 4. The fourth-order valence-electron chi connectivity index (χ4n) is 3.81. The third-order valence-electron chi connectivity index (χ3n) is 5.48. The number of aryl methyl sites for hydroxylation is 1. The molecule has 0 unspecified atom stereocenters. The first-order valence-electron chi connectivity index (χ1n) is 10.6. The number of Topliss-reactive ketones (excluding diaryl/α,β-unsaturated/α-hetero) is 1. The van der Waals surface area contributed by atoms with Gasteiger partial charge in [-0.2, -0.15) is 0 Å². The maximum Gasteiger partial charge on any atom is 0.192 e. The van der Waals surface area contributed by atoms with Gasteiger partial charge in [0.05, 0.1) is 25.0 Å². The zero-order chi connectivity index (χ0) is 23.4. The Morgan fingerprint density at radius 3 is 2.73 bits per heavy atom. The molecule has 0 saturated heterocycles. The van der Waals surface area contributed by atoms with E-state index >= 15 is 0 Å². The predicted molar refractivity (Wildman–Crippen MR) is 135 cm³/mol. The van der Waals surface area contributed by atoms with Crippen molar-refractivity contribution in [2.75, 3.05) is 12.9 Å². The number of allylic oxidation sites excluding steroid dienone is 1. The lowest BCUT2D eigenvalue weighted by atomic mass is 10.2. The van der Waals surface area contributed by atoms with Gasteiger partial charge in [0, 0.05) is 28.4 Å². The molecule has 0 saturated carbocycles. The fraction of sp³-hybridized carbons (Fsp3) is 0.240. The van der Waals surface area contributed by atoms with Crippen molar-refractivity contribution in [1.82, 2.24) is 19.3 Å². The van der Waals surface area contributed by atoms with Crippen LogP contribution in [-0.2, 0) is 13.1 Å². The van der Waals surface area contributed by atoms with Crippen molar-refractivity contribution in [2.24, 2.45) is 0 Å². The first-order chi connectivity index (χ1) is 16.0. The van der Waals surface area contributed by atoms with Crippen LogP contribution in [0.3, 0.4) is 0 Å². The Bertz CT molecular complexity index is 1270. The summed E-state index contributed by atoms with van der Waals surface area (Å²) in [5.41, 5.74) is 3.69. The second-order valence-electron chi connectivity index (χ2n) is 7.57. The normalized spacial score (nSPS) is 11.0. The number of para-hydroxylation sites is 1. The number of thiophene rings is 1. The van der Waals surface area contributed by atoms with Gasteiger partial charge in [0.1, 0.15) is 5.75 Å². The Kier molecular flexibility index (Phi) is 7.15. The van der Waals surface area contributed by atoms with Gasteiger partial charge in [-0.25, -0.2) is 0 Å². The van der Waals surface area contributed by atoms with E-state index < -0.39 is 0 Å². The number of hydrogen-bond acceptors (Lipinski definition) is 6. The van der Waals surface area contributed by atoms with Crippen LogP contribution in [0.4, 0.5) is 0 Å². The third kappa shape index (κ3) is 4.82. The van der Waals surface area contributed by atoms with Crippen molar-refractivity contribution in [3.8, 4) is 17.1 Å². The van der Waals surface area contributed by atoms with E-state index in [2.05, 4.69) is 38.9 Å². The number of rotatable bonds is 10. The van der Waals surface area contributed by atoms with E-state index in [1.165, 1.54) is 16.6 Å². The van der Waals surface area contributed by atoms with Crippen LogP contribution in [0.25, 0.3) is 11.4 Å². The minimum absolute atomic E-state index is 0.0810. The quantitative estimate of drug-likeness (QED) is 0.168. The molecule has 4 aromatic rings. The highest BCUT2D eigenvalue weighted by Gasteiger charge is 2.20. The van der Waals surface area contributed by atoms with E-state index in [4.69, 9.17) is 4.74 Å². The van der Waals surface area contributed by atoms with Gasteiger partial charge in [0.2, 0.25) is 0 Å². The monoisotopic (exact) mass is 478 g/mol. The second kappa shape index (κ2) is 10.2.